The number of aliphatic hydroxyl groups is 1. The molecule has 2 rings (SSSR count). The number of aliphatic hydroxyl groups excluding tert-OH is 1. The summed E-state index contributed by atoms with van der Waals surface area (Å²) in [5.74, 6) is 0. The first kappa shape index (κ1) is 10.2. The first-order valence-corrected chi connectivity index (χ1v) is 5.13. The van der Waals surface area contributed by atoms with Crippen LogP contribution in [0, 0.1) is 0 Å². The lowest BCUT2D eigenvalue weighted by molar-refractivity contribution is 0.183. The molecule has 1 heterocycles. The molecule has 1 aromatic carbocycles. The Labute approximate surface area is 89.1 Å². The lowest BCUT2D eigenvalue weighted by Crippen LogP contribution is -2.21. The van der Waals surface area contributed by atoms with Crippen molar-refractivity contribution in [2.45, 2.75) is 12.5 Å². The highest BCUT2D eigenvalue weighted by Crippen LogP contribution is 2.17. The van der Waals surface area contributed by atoms with Gasteiger partial charge in [-0.2, -0.15) is 0 Å². The van der Waals surface area contributed by atoms with Gasteiger partial charge in [0.2, 0.25) is 0 Å². The molecule has 1 aromatic heterocycles. The summed E-state index contributed by atoms with van der Waals surface area (Å²) in [4.78, 5) is 0. The van der Waals surface area contributed by atoms with Gasteiger partial charge in [-0.15, -0.1) is 0 Å². The van der Waals surface area contributed by atoms with E-state index >= 15 is 0 Å². The molecule has 0 radical (unpaired) electrons. The lowest BCUT2D eigenvalue weighted by Gasteiger charge is -2.07. The molecule has 1 unspecified atom stereocenters. The van der Waals surface area contributed by atoms with E-state index in [-0.39, 0.29) is 0 Å². The van der Waals surface area contributed by atoms with Gasteiger partial charge in [0.05, 0.1) is 6.10 Å². The van der Waals surface area contributed by atoms with Gasteiger partial charge in [-0.1, -0.05) is 6.07 Å². The van der Waals surface area contributed by atoms with Gasteiger partial charge in [-0.3, -0.25) is 0 Å². The zero-order chi connectivity index (χ0) is 10.8. The van der Waals surface area contributed by atoms with E-state index in [0.717, 1.165) is 5.56 Å². The van der Waals surface area contributed by atoms with Gasteiger partial charge >= 0.3 is 0 Å². The number of hydrogen-bond acceptors (Lipinski definition) is 2. The predicted octanol–water partition coefficient (Wildman–Crippen LogP) is 1.04. The Morgan fingerprint density at radius 2 is 2.20 bits per heavy atom. The molecule has 3 nitrogen and oxygen atoms in total. The average Bonchev–Trinajstić information content (AvgIpc) is 2.60. The number of benzene rings is 1. The Kier molecular flexibility index (Phi) is 2.75. The predicted molar refractivity (Wildman–Crippen MR) is 61.7 cm³/mol. The van der Waals surface area contributed by atoms with Crippen molar-refractivity contribution in [1.82, 2.24) is 4.57 Å². The van der Waals surface area contributed by atoms with Crippen molar-refractivity contribution in [1.29, 1.82) is 0 Å². The Hall–Kier alpha value is -1.32. The second kappa shape index (κ2) is 4.04. The highest BCUT2D eigenvalue weighted by atomic mass is 16.3. The summed E-state index contributed by atoms with van der Waals surface area (Å²) >= 11 is 0. The number of hydrogen-bond donors (Lipinski definition) is 2. The van der Waals surface area contributed by atoms with Gasteiger partial charge in [0.15, 0.2) is 0 Å². The SMILES string of the molecule is Cn1ccc2cc(CC(O)CN)ccc21. The van der Waals surface area contributed by atoms with E-state index in [4.69, 9.17) is 5.73 Å². The van der Waals surface area contributed by atoms with Crippen LogP contribution in [0.3, 0.4) is 0 Å². The van der Waals surface area contributed by atoms with Gasteiger partial charge < -0.3 is 15.4 Å². The summed E-state index contributed by atoms with van der Waals surface area (Å²) in [6, 6.07) is 8.30. The van der Waals surface area contributed by atoms with Gasteiger partial charge in [0.25, 0.3) is 0 Å². The monoisotopic (exact) mass is 204 g/mol. The standard InChI is InChI=1S/C12H16N2O/c1-14-5-4-10-6-9(2-3-12(10)14)7-11(15)8-13/h2-6,11,15H,7-8,13H2,1H3. The van der Waals surface area contributed by atoms with Crippen LogP contribution < -0.4 is 5.73 Å². The third-order valence-electron chi connectivity index (χ3n) is 2.69. The van der Waals surface area contributed by atoms with E-state index in [9.17, 15) is 5.11 Å². The Morgan fingerprint density at radius 1 is 1.40 bits per heavy atom. The molecule has 15 heavy (non-hydrogen) atoms. The molecule has 0 spiro atoms. The van der Waals surface area contributed by atoms with Crippen molar-refractivity contribution < 1.29 is 5.11 Å². The fraction of sp³-hybridized carbons (Fsp3) is 0.333. The fourth-order valence-corrected chi connectivity index (χ4v) is 1.81. The van der Waals surface area contributed by atoms with Gasteiger partial charge in [-0.05, 0) is 35.6 Å². The van der Waals surface area contributed by atoms with E-state index in [1.807, 2.05) is 19.3 Å². The maximum Gasteiger partial charge on any atom is 0.0702 e. The molecule has 1 atom stereocenters. The molecule has 3 heteroatoms. The van der Waals surface area contributed by atoms with Gasteiger partial charge in [0, 0.05) is 25.3 Å². The summed E-state index contributed by atoms with van der Waals surface area (Å²) in [5, 5.41) is 10.7. The number of nitrogens with two attached hydrogens (primary N) is 1. The van der Waals surface area contributed by atoms with Crippen LogP contribution in [0.2, 0.25) is 0 Å². The molecule has 2 aromatic rings. The Balaban J connectivity index is 2.31. The summed E-state index contributed by atoms with van der Waals surface area (Å²) in [6.45, 7) is 0.312. The highest BCUT2D eigenvalue weighted by Gasteiger charge is 2.04. The molecule has 3 N–H and O–H groups in total. The fourth-order valence-electron chi connectivity index (χ4n) is 1.81. The molecule has 0 saturated heterocycles. The third kappa shape index (κ3) is 2.03. The first-order chi connectivity index (χ1) is 7.20. The highest BCUT2D eigenvalue weighted by molar-refractivity contribution is 5.80. The first-order valence-electron chi connectivity index (χ1n) is 5.13. The van der Waals surface area contributed by atoms with Crippen molar-refractivity contribution in [2.75, 3.05) is 6.54 Å². The van der Waals surface area contributed by atoms with Crippen LogP contribution >= 0.6 is 0 Å². The quantitative estimate of drug-likeness (QED) is 0.785. The maximum absolute atomic E-state index is 9.46. The molecule has 0 aliphatic rings. The van der Waals surface area contributed by atoms with Crippen molar-refractivity contribution in [2.24, 2.45) is 12.8 Å². The molecule has 80 valence electrons. The van der Waals surface area contributed by atoms with Crippen molar-refractivity contribution in [3.63, 3.8) is 0 Å². The molecule has 0 bridgehead atoms. The summed E-state index contributed by atoms with van der Waals surface area (Å²) in [6.07, 6.45) is 2.22. The molecule has 0 aliphatic carbocycles. The number of rotatable bonds is 3. The Bertz CT molecular complexity index is 462. The van der Waals surface area contributed by atoms with E-state index in [2.05, 4.69) is 22.8 Å². The van der Waals surface area contributed by atoms with Gasteiger partial charge in [-0.25, -0.2) is 0 Å². The number of aromatic nitrogens is 1. The zero-order valence-corrected chi connectivity index (χ0v) is 8.85. The average molecular weight is 204 g/mol. The second-order valence-electron chi connectivity index (χ2n) is 3.91. The largest absolute Gasteiger partial charge is 0.391 e. The third-order valence-corrected chi connectivity index (χ3v) is 2.69. The van der Waals surface area contributed by atoms with Crippen LogP contribution in [0.5, 0.6) is 0 Å². The zero-order valence-electron chi connectivity index (χ0n) is 8.85. The Morgan fingerprint density at radius 3 is 2.93 bits per heavy atom. The molecule has 0 saturated carbocycles. The molecule has 0 fully saturated rings. The van der Waals surface area contributed by atoms with Crippen LogP contribution in [0.25, 0.3) is 10.9 Å². The number of aryl methyl sites for hydroxylation is 1. The normalized spacial score (nSPS) is 13.3. The number of nitrogens with zero attached hydrogens (tertiary/aromatic N) is 1. The minimum atomic E-state index is -0.439. The van der Waals surface area contributed by atoms with Crippen LogP contribution in [-0.4, -0.2) is 22.3 Å². The molecular formula is C12H16N2O. The lowest BCUT2D eigenvalue weighted by atomic mass is 10.1. The number of fused-ring (bicyclic) bond motifs is 1. The van der Waals surface area contributed by atoms with Crippen LogP contribution in [0.1, 0.15) is 5.56 Å². The van der Waals surface area contributed by atoms with Crippen molar-refractivity contribution in [3.8, 4) is 0 Å². The van der Waals surface area contributed by atoms with Crippen molar-refractivity contribution >= 4 is 10.9 Å². The summed E-state index contributed by atoms with van der Waals surface area (Å²) in [7, 11) is 2.02. The van der Waals surface area contributed by atoms with Crippen LogP contribution in [0.15, 0.2) is 30.5 Å². The summed E-state index contributed by atoms with van der Waals surface area (Å²) < 4.78 is 2.08. The van der Waals surface area contributed by atoms with Crippen LogP contribution in [-0.2, 0) is 13.5 Å². The minimum Gasteiger partial charge on any atom is -0.391 e. The van der Waals surface area contributed by atoms with Crippen molar-refractivity contribution in [3.05, 3.63) is 36.0 Å². The van der Waals surface area contributed by atoms with E-state index in [1.54, 1.807) is 0 Å². The molecule has 0 amide bonds. The minimum absolute atomic E-state index is 0.312. The van der Waals surface area contributed by atoms with Crippen LogP contribution in [0.4, 0.5) is 0 Å². The molecular weight excluding hydrogens is 188 g/mol. The van der Waals surface area contributed by atoms with Gasteiger partial charge in [0.1, 0.15) is 0 Å². The summed E-state index contributed by atoms with van der Waals surface area (Å²) in [5.41, 5.74) is 7.72. The maximum atomic E-state index is 9.46. The van der Waals surface area contributed by atoms with E-state index in [1.165, 1.54) is 10.9 Å². The molecule has 0 aliphatic heterocycles. The topological polar surface area (TPSA) is 51.2 Å². The second-order valence-corrected chi connectivity index (χ2v) is 3.91. The van der Waals surface area contributed by atoms with E-state index < -0.39 is 6.10 Å². The smallest absolute Gasteiger partial charge is 0.0702 e. The van der Waals surface area contributed by atoms with E-state index in [0.29, 0.717) is 13.0 Å².